The Morgan fingerprint density at radius 2 is 0.289 bits per heavy atom. The molecule has 0 aliphatic heterocycles. The van der Waals surface area contributed by atoms with Gasteiger partial charge in [-0.3, -0.25) is 0 Å². The molecule has 10 heteroatoms. The summed E-state index contributed by atoms with van der Waals surface area (Å²) in [5.74, 6) is 0. The molecule has 0 aromatic heterocycles. The maximum atomic E-state index is 5.75. The van der Waals surface area contributed by atoms with E-state index in [1.807, 2.05) is 33.5 Å². The second kappa shape index (κ2) is 45.9. The predicted octanol–water partition coefficient (Wildman–Crippen LogP) is 28.6. The zero-order valence-corrected chi connectivity index (χ0v) is 68.5. The van der Waals surface area contributed by atoms with Gasteiger partial charge in [0.1, 0.15) is 0 Å². The monoisotopic (exact) mass is 1570 g/mol. The van der Waals surface area contributed by atoms with E-state index in [2.05, 4.69) is 0 Å². The van der Waals surface area contributed by atoms with E-state index in [0.29, 0.717) is 0 Å². The minimum atomic E-state index is -1.71. The first-order valence-corrected chi connectivity index (χ1v) is 58.5. The van der Waals surface area contributed by atoms with Gasteiger partial charge in [0.25, 0.3) is 0 Å². The molecule has 90 heavy (non-hydrogen) atoms. The van der Waals surface area contributed by atoms with Crippen molar-refractivity contribution >= 4 is 79.7 Å². The van der Waals surface area contributed by atoms with Gasteiger partial charge >= 0.3 is 110 Å². The fourth-order valence-electron chi connectivity index (χ4n) is 22.0. The Morgan fingerprint density at radius 1 is 0.189 bits per heavy atom. The van der Waals surface area contributed by atoms with Crippen LogP contribution in [0.4, 0.5) is 0 Å². The van der Waals surface area contributed by atoms with Crippen LogP contribution in [0.1, 0.15) is 396 Å². The Kier molecular flexibility index (Phi) is 39.4. The van der Waals surface area contributed by atoms with Gasteiger partial charge in [-0.2, -0.15) is 0 Å². The number of halogens is 4. The van der Waals surface area contributed by atoms with Gasteiger partial charge in [-0.05, 0) is 308 Å². The molecule has 12 saturated carbocycles. The Balaban J connectivity index is 0.000000134. The molecule has 0 spiro atoms. The summed E-state index contributed by atoms with van der Waals surface area (Å²) in [6.45, 7) is 0. The molecule has 1 aromatic carbocycles. The van der Waals surface area contributed by atoms with Crippen LogP contribution in [0, 0.1) is 0 Å². The quantitative estimate of drug-likeness (QED) is 0.129. The number of hydrogen-bond acceptors (Lipinski definition) is 0. The molecule has 12 aliphatic carbocycles. The normalized spacial score (nSPS) is 26.3. The Labute approximate surface area is 589 Å². The summed E-state index contributed by atoms with van der Waals surface area (Å²) in [4.78, 5) is 0. The van der Waals surface area contributed by atoms with Crippen molar-refractivity contribution in [1.29, 1.82) is 0 Å². The Bertz CT molecular complexity index is 1610. The first-order chi connectivity index (χ1) is 44.4. The molecule has 1 aromatic rings. The summed E-state index contributed by atoms with van der Waals surface area (Å²) < 4.78 is 3.79. The van der Waals surface area contributed by atoms with Crippen LogP contribution in [0.25, 0.3) is 0 Å². The average molecular weight is 1570 g/mol. The van der Waals surface area contributed by atoms with Crippen molar-refractivity contribution in [2.75, 3.05) is 0 Å². The molecule has 522 valence electrons. The van der Waals surface area contributed by atoms with E-state index < -0.39 is 27.0 Å². The van der Waals surface area contributed by atoms with Crippen molar-refractivity contribution in [3.05, 3.63) is 35.4 Å². The van der Waals surface area contributed by atoms with Crippen molar-refractivity contribution in [3.63, 3.8) is 0 Å². The molecule has 0 bridgehead atoms. The van der Waals surface area contributed by atoms with Crippen LogP contribution in [0.3, 0.4) is 0 Å². The van der Waals surface area contributed by atoms with E-state index in [-0.39, 0.29) is 31.7 Å². The molecule has 0 amide bonds. The molecule has 0 radical (unpaired) electrons. The number of rotatable bonds is 14. The van der Waals surface area contributed by atoms with Gasteiger partial charge in [0.15, 0.2) is 0 Å². The predicted molar refractivity (Wildman–Crippen MR) is 416 cm³/mol. The number of hydrogen-bond donors (Lipinski definition) is 0. The van der Waals surface area contributed by atoms with Gasteiger partial charge in [0.2, 0.25) is 0 Å². The first-order valence-electron chi connectivity index (χ1n) is 40.6. The van der Waals surface area contributed by atoms with Gasteiger partial charge in [-0.25, -0.2) is 0 Å². The molecular weight excluding hydrogens is 1430 g/mol. The molecular formula is C80H142Cl4P4Ru2+4. The van der Waals surface area contributed by atoms with E-state index >= 15 is 0 Å². The molecule has 0 unspecified atom stereocenters. The zero-order chi connectivity index (χ0) is 62.2. The van der Waals surface area contributed by atoms with Crippen LogP contribution < -0.4 is 0 Å². The van der Waals surface area contributed by atoms with Crippen LogP contribution in [0.2, 0.25) is 0 Å². The third kappa shape index (κ3) is 27.1. The van der Waals surface area contributed by atoms with Crippen molar-refractivity contribution < 1.29 is 27.0 Å². The van der Waals surface area contributed by atoms with Gasteiger partial charge in [-0.15, -0.1) is 0 Å². The SMILES string of the molecule is C1CCC([PH+](C2CCCCC2)C2CCCCC2)CC1.C1CCC([PH+](C2CCCCC2)C2CCCCC2)CC1.C1CCC([PH+](C2CCCCC2)C2CCCCC2)CC1.C1CCC([PH+](C2CCCCC2)C2CCCCC2)CC1.[Cl][Ru]([Cl])=[CH]c1ccc([CH]=[Ru]([Cl])[Cl])cc1. The summed E-state index contributed by atoms with van der Waals surface area (Å²) in [6, 6.07) is 7.85. The zero-order valence-electron chi connectivity index (χ0n) is 58.0. The first kappa shape index (κ1) is 77.2. The minimum absolute atomic E-state index is 0.0465. The van der Waals surface area contributed by atoms with Gasteiger partial charge in [-0.1, -0.05) is 77.0 Å². The molecule has 0 N–H and O–H groups in total. The van der Waals surface area contributed by atoms with E-state index in [4.69, 9.17) is 38.8 Å². The Hall–Kier alpha value is 3.09. The molecule has 12 aliphatic rings. The van der Waals surface area contributed by atoms with Gasteiger partial charge in [0, 0.05) is 31.7 Å². The molecule has 0 atom stereocenters. The van der Waals surface area contributed by atoms with Gasteiger partial charge in [0.05, 0.1) is 67.9 Å². The van der Waals surface area contributed by atoms with Crippen molar-refractivity contribution in [2.24, 2.45) is 0 Å². The fraction of sp³-hybridized carbons (Fsp3) is 0.900. The van der Waals surface area contributed by atoms with Crippen molar-refractivity contribution in [3.8, 4) is 0 Å². The van der Waals surface area contributed by atoms with E-state index in [0.717, 1.165) is 11.1 Å². The fourth-order valence-corrected chi connectivity index (χ4v) is 46.6. The molecule has 0 heterocycles. The van der Waals surface area contributed by atoms with Crippen LogP contribution in [0.5, 0.6) is 0 Å². The van der Waals surface area contributed by atoms with Crippen molar-refractivity contribution in [1.82, 2.24) is 0 Å². The topological polar surface area (TPSA) is 0 Å². The third-order valence-corrected chi connectivity index (χ3v) is 48.2. The Morgan fingerprint density at radius 3 is 0.378 bits per heavy atom. The van der Waals surface area contributed by atoms with E-state index in [1.165, 1.54) is 67.9 Å². The third-order valence-electron chi connectivity index (χ3n) is 26.2. The second-order valence-corrected chi connectivity index (χ2v) is 57.5. The molecule has 0 saturated heterocycles. The summed E-state index contributed by atoms with van der Waals surface area (Å²) in [5.41, 5.74) is 16.8. The van der Waals surface area contributed by atoms with Crippen LogP contribution in [-0.2, 0) is 27.0 Å². The number of benzene rings is 1. The molecule has 13 rings (SSSR count). The van der Waals surface area contributed by atoms with Crippen LogP contribution in [0.15, 0.2) is 24.3 Å². The second-order valence-electron chi connectivity index (χ2n) is 32.3. The average Bonchev–Trinajstić information content (AvgIpc) is 2.36. The van der Waals surface area contributed by atoms with Crippen molar-refractivity contribution in [2.45, 2.75) is 453 Å². The maximum absolute atomic E-state index is 5.75. The van der Waals surface area contributed by atoms with Gasteiger partial charge < -0.3 is 0 Å². The molecule has 0 nitrogen and oxygen atoms in total. The summed E-state index contributed by atoms with van der Waals surface area (Å²) >= 11 is -3.43. The standard InChI is InChI=1S/4C18H33P.C8H6.4ClH.2Ru/c4*1-4-10-16(11-5-1)19(17-12-6-2-7-13-17)18-14-8-3-9-15-18;1-7-3-5-8(2)6-4-7;;;;;;/h4*16-18H,1-15H2;1-6H;4*1H;;/q;;;;;;;;;2*+2. The summed E-state index contributed by atoms with van der Waals surface area (Å²) in [5, 5.41) is 0. The summed E-state index contributed by atoms with van der Waals surface area (Å²) in [6.07, 6.45) is 95.2. The summed E-state index contributed by atoms with van der Waals surface area (Å²) in [7, 11) is 22.8. The van der Waals surface area contributed by atoms with Crippen LogP contribution in [-0.4, -0.2) is 77.1 Å². The van der Waals surface area contributed by atoms with Crippen LogP contribution >= 0.6 is 70.5 Å². The van der Waals surface area contributed by atoms with E-state index in [9.17, 15) is 0 Å². The van der Waals surface area contributed by atoms with E-state index in [1.54, 1.807) is 385 Å². The molecule has 12 fully saturated rings.